The molecular weight excluding hydrogens is 246 g/mol. The number of nitrogens with zero attached hydrogens (tertiary/aromatic N) is 1. The molecule has 5 heteroatoms. The summed E-state index contributed by atoms with van der Waals surface area (Å²) < 4.78 is 10.7. The van der Waals surface area contributed by atoms with Crippen molar-refractivity contribution in [1.29, 1.82) is 0 Å². The number of aromatic nitrogens is 1. The predicted molar refractivity (Wildman–Crippen MR) is 67.4 cm³/mol. The molecule has 0 bridgehead atoms. The molecule has 0 amide bonds. The normalized spacial score (nSPS) is 14.4. The number of carboxylic acid groups (broad SMARTS) is 1. The molecule has 1 saturated carbocycles. The molecule has 0 spiro atoms. The van der Waals surface area contributed by atoms with Crippen LogP contribution in [0.3, 0.4) is 0 Å². The number of methoxy groups -OCH3 is 1. The molecule has 0 radical (unpaired) electrons. The summed E-state index contributed by atoms with van der Waals surface area (Å²) in [5, 5.41) is 9.16. The molecule has 1 heterocycles. The summed E-state index contributed by atoms with van der Waals surface area (Å²) in [6.07, 6.45) is 1.94. The van der Waals surface area contributed by atoms with Crippen LogP contribution < -0.4 is 4.74 Å². The highest BCUT2D eigenvalue weighted by Gasteiger charge is 2.34. The van der Waals surface area contributed by atoms with E-state index in [2.05, 4.69) is 4.98 Å². The summed E-state index contributed by atoms with van der Waals surface area (Å²) in [6.45, 7) is 0. The van der Waals surface area contributed by atoms with Crippen LogP contribution in [0.15, 0.2) is 28.7 Å². The zero-order valence-electron chi connectivity index (χ0n) is 10.4. The van der Waals surface area contributed by atoms with Gasteiger partial charge in [0.2, 0.25) is 11.7 Å². The maximum Gasteiger partial charge on any atom is 0.373 e. The highest BCUT2D eigenvalue weighted by Crippen LogP contribution is 2.43. The first-order chi connectivity index (χ1) is 9.20. The Morgan fingerprint density at radius 3 is 2.79 bits per heavy atom. The number of rotatable bonds is 4. The van der Waals surface area contributed by atoms with E-state index in [1.165, 1.54) is 0 Å². The number of para-hydroxylation sites is 1. The van der Waals surface area contributed by atoms with Crippen LogP contribution in [0.2, 0.25) is 0 Å². The Kier molecular flexibility index (Phi) is 2.74. The van der Waals surface area contributed by atoms with Crippen molar-refractivity contribution >= 4 is 5.97 Å². The Balaban J connectivity index is 2.10. The minimum Gasteiger partial charge on any atom is -0.496 e. The van der Waals surface area contributed by atoms with Gasteiger partial charge in [-0.2, -0.15) is 0 Å². The monoisotopic (exact) mass is 259 g/mol. The Hall–Kier alpha value is -2.30. The molecule has 1 aromatic heterocycles. The molecule has 0 atom stereocenters. The highest BCUT2D eigenvalue weighted by atomic mass is 16.5. The predicted octanol–water partition coefficient (Wildman–Crippen LogP) is 2.93. The maximum absolute atomic E-state index is 11.2. The molecule has 1 aliphatic carbocycles. The minimum atomic E-state index is -1.07. The third-order valence-electron chi connectivity index (χ3n) is 3.15. The molecule has 19 heavy (non-hydrogen) atoms. The molecular formula is C14H13NO4. The van der Waals surface area contributed by atoms with Crippen molar-refractivity contribution in [2.75, 3.05) is 7.11 Å². The molecule has 1 fully saturated rings. The maximum atomic E-state index is 11.2. The van der Waals surface area contributed by atoms with E-state index in [0.717, 1.165) is 12.8 Å². The zero-order chi connectivity index (χ0) is 13.4. The van der Waals surface area contributed by atoms with Crippen molar-refractivity contribution in [1.82, 2.24) is 4.98 Å². The van der Waals surface area contributed by atoms with E-state index in [9.17, 15) is 4.79 Å². The average Bonchev–Trinajstić information content (AvgIpc) is 3.17. The van der Waals surface area contributed by atoms with Crippen molar-refractivity contribution in [3.63, 3.8) is 0 Å². The van der Waals surface area contributed by atoms with Crippen LogP contribution in [-0.2, 0) is 0 Å². The lowest BCUT2D eigenvalue weighted by Crippen LogP contribution is -1.98. The van der Waals surface area contributed by atoms with E-state index in [1.54, 1.807) is 19.2 Å². The summed E-state index contributed by atoms with van der Waals surface area (Å²) >= 11 is 0. The van der Waals surface area contributed by atoms with Crippen LogP contribution in [0.4, 0.5) is 0 Å². The summed E-state index contributed by atoms with van der Waals surface area (Å²) in [7, 11) is 1.56. The molecule has 98 valence electrons. The minimum absolute atomic E-state index is 0.0524. The summed E-state index contributed by atoms with van der Waals surface area (Å²) in [4.78, 5) is 15.5. The van der Waals surface area contributed by atoms with Gasteiger partial charge < -0.3 is 14.3 Å². The van der Waals surface area contributed by atoms with Gasteiger partial charge in [-0.25, -0.2) is 9.78 Å². The van der Waals surface area contributed by atoms with Crippen molar-refractivity contribution < 1.29 is 19.1 Å². The molecule has 0 saturated heterocycles. The second kappa shape index (κ2) is 4.42. The van der Waals surface area contributed by atoms with Gasteiger partial charge in [0.15, 0.2) is 0 Å². The van der Waals surface area contributed by atoms with Gasteiger partial charge in [0.1, 0.15) is 5.75 Å². The Morgan fingerprint density at radius 2 is 2.16 bits per heavy atom. The van der Waals surface area contributed by atoms with Crippen molar-refractivity contribution in [2.45, 2.75) is 18.8 Å². The molecule has 1 aliphatic rings. The van der Waals surface area contributed by atoms with E-state index >= 15 is 0 Å². The first-order valence-electron chi connectivity index (χ1n) is 6.08. The summed E-state index contributed by atoms with van der Waals surface area (Å²) in [6, 6.07) is 7.26. The number of carboxylic acids is 1. The lowest BCUT2D eigenvalue weighted by atomic mass is 10.2. The zero-order valence-corrected chi connectivity index (χ0v) is 10.4. The van der Waals surface area contributed by atoms with Crippen molar-refractivity contribution in [3.05, 3.63) is 35.7 Å². The fourth-order valence-corrected chi connectivity index (χ4v) is 2.06. The van der Waals surface area contributed by atoms with Crippen LogP contribution in [-0.4, -0.2) is 23.2 Å². The lowest BCUT2D eigenvalue weighted by Gasteiger charge is -2.03. The third-order valence-corrected chi connectivity index (χ3v) is 3.15. The van der Waals surface area contributed by atoms with Gasteiger partial charge in [0.05, 0.1) is 18.4 Å². The van der Waals surface area contributed by atoms with Gasteiger partial charge in [-0.15, -0.1) is 0 Å². The molecule has 2 aromatic rings. The second-order valence-electron chi connectivity index (χ2n) is 4.51. The van der Waals surface area contributed by atoms with Crippen LogP contribution in [0.25, 0.3) is 11.5 Å². The van der Waals surface area contributed by atoms with Crippen LogP contribution in [0.5, 0.6) is 5.75 Å². The van der Waals surface area contributed by atoms with Gasteiger partial charge in [-0.05, 0) is 25.0 Å². The molecule has 1 N–H and O–H groups in total. The largest absolute Gasteiger partial charge is 0.496 e. The highest BCUT2D eigenvalue weighted by molar-refractivity contribution is 5.86. The fourth-order valence-electron chi connectivity index (χ4n) is 2.06. The van der Waals surface area contributed by atoms with Gasteiger partial charge in [-0.1, -0.05) is 12.1 Å². The first-order valence-corrected chi connectivity index (χ1v) is 6.08. The van der Waals surface area contributed by atoms with Crippen LogP contribution in [0.1, 0.15) is 35.0 Å². The Labute approximate surface area is 109 Å². The lowest BCUT2D eigenvalue weighted by molar-refractivity contribution is 0.0661. The molecule has 3 rings (SSSR count). The number of aromatic carboxylic acids is 1. The van der Waals surface area contributed by atoms with E-state index < -0.39 is 5.97 Å². The molecule has 0 unspecified atom stereocenters. The van der Waals surface area contributed by atoms with E-state index in [-0.39, 0.29) is 11.7 Å². The average molecular weight is 259 g/mol. The molecule has 5 nitrogen and oxygen atoms in total. The number of hydrogen-bond donors (Lipinski definition) is 1. The molecule has 1 aromatic carbocycles. The van der Waals surface area contributed by atoms with Gasteiger partial charge in [0, 0.05) is 5.92 Å². The first kappa shape index (κ1) is 11.8. The van der Waals surface area contributed by atoms with Crippen LogP contribution >= 0.6 is 0 Å². The third kappa shape index (κ3) is 2.07. The van der Waals surface area contributed by atoms with Crippen molar-refractivity contribution in [2.24, 2.45) is 0 Å². The van der Waals surface area contributed by atoms with Gasteiger partial charge in [-0.3, -0.25) is 0 Å². The smallest absolute Gasteiger partial charge is 0.373 e. The van der Waals surface area contributed by atoms with E-state index in [1.807, 2.05) is 12.1 Å². The Morgan fingerprint density at radius 1 is 1.42 bits per heavy atom. The Bertz CT molecular complexity index is 628. The van der Waals surface area contributed by atoms with Crippen molar-refractivity contribution in [3.8, 4) is 17.2 Å². The van der Waals surface area contributed by atoms with E-state index in [0.29, 0.717) is 22.9 Å². The quantitative estimate of drug-likeness (QED) is 0.913. The number of benzene rings is 1. The topological polar surface area (TPSA) is 72.6 Å². The second-order valence-corrected chi connectivity index (χ2v) is 4.51. The SMILES string of the molecule is COc1ccccc1-c1nc(C2CC2)c(C(=O)O)o1. The number of ether oxygens (including phenoxy) is 1. The standard InChI is InChI=1S/C14H13NO4/c1-18-10-5-3-2-4-9(10)13-15-11(8-6-7-8)12(19-13)14(16)17/h2-5,8H,6-7H2,1H3,(H,16,17). The summed E-state index contributed by atoms with van der Waals surface area (Å²) in [5.74, 6) is 0.0112. The van der Waals surface area contributed by atoms with Gasteiger partial charge >= 0.3 is 5.97 Å². The van der Waals surface area contributed by atoms with Crippen LogP contribution in [0, 0.1) is 0 Å². The number of carbonyl (C=O) groups is 1. The van der Waals surface area contributed by atoms with E-state index in [4.69, 9.17) is 14.3 Å². The fraction of sp³-hybridized carbons (Fsp3) is 0.286. The van der Waals surface area contributed by atoms with Gasteiger partial charge in [0.25, 0.3) is 0 Å². The molecule has 0 aliphatic heterocycles. The summed E-state index contributed by atoms with van der Waals surface area (Å²) in [5.41, 5.74) is 1.22. The number of hydrogen-bond acceptors (Lipinski definition) is 4. The number of oxazole rings is 1.